The van der Waals surface area contributed by atoms with E-state index in [1.165, 1.54) is 128 Å². The molecule has 0 saturated heterocycles. The number of phosphoric acid groups is 2. The van der Waals surface area contributed by atoms with Crippen LogP contribution in [0.25, 0.3) is 0 Å². The number of aliphatic hydroxyl groups is 1. The summed E-state index contributed by atoms with van der Waals surface area (Å²) in [6, 6.07) is 0. The van der Waals surface area contributed by atoms with E-state index in [4.69, 9.17) is 37.0 Å². The molecule has 0 aromatic heterocycles. The Bertz CT molecular complexity index is 1630. The molecule has 0 fully saturated rings. The second kappa shape index (κ2) is 56.6. The lowest BCUT2D eigenvalue weighted by atomic mass is 9.99. The SMILES string of the molecule is CCCCCCCCCCCCCCCC(=O)OC[C@H](COP(=O)(O)OC[C@@H](O)COP(=O)(O)OC[C@@H](COC(=O)CCCCCCC)OC(=O)CCCCCCCCCCC(C)C)OC(=O)CCCCCCCCCCCCC(C)CC. The van der Waals surface area contributed by atoms with Gasteiger partial charge in [0.05, 0.1) is 26.4 Å². The third-order valence-corrected chi connectivity index (χ3v) is 17.0. The predicted molar refractivity (Wildman–Crippen MR) is 331 cm³/mol. The number of ether oxygens (including phenoxy) is 4. The van der Waals surface area contributed by atoms with Gasteiger partial charge in [-0.25, -0.2) is 9.13 Å². The molecule has 0 heterocycles. The Morgan fingerprint density at radius 3 is 0.916 bits per heavy atom. The zero-order chi connectivity index (χ0) is 61.5. The zero-order valence-electron chi connectivity index (χ0n) is 53.5. The Hall–Kier alpha value is -1.94. The number of phosphoric ester groups is 2. The molecule has 19 heteroatoms. The summed E-state index contributed by atoms with van der Waals surface area (Å²) in [5.41, 5.74) is 0. The number of rotatable bonds is 63. The average Bonchev–Trinajstić information content (AvgIpc) is 3.47. The standard InChI is InChI=1S/C64H124O17P2/c1-7-10-12-14-15-16-17-18-19-23-29-35-41-47-62(67)75-53-60(81-63(68)48-42-36-30-24-21-20-22-28-34-39-45-57(6)9-3)55-79-83(72,73)77-51-58(65)50-76-82(70,71)78-54-59(52-74-61(66)46-40-32-13-11-8-2)80-64(69)49-43-37-31-26-25-27-33-38-44-56(4)5/h56-60,65H,7-55H2,1-6H3,(H,70,71)(H,72,73)/t57?,58-,59+,60+/m0/s1. The van der Waals surface area contributed by atoms with Gasteiger partial charge in [-0.15, -0.1) is 0 Å². The van der Waals surface area contributed by atoms with E-state index in [-0.39, 0.29) is 25.7 Å². The van der Waals surface area contributed by atoms with Gasteiger partial charge in [0.1, 0.15) is 19.3 Å². The molecule has 0 aromatic carbocycles. The minimum Gasteiger partial charge on any atom is -0.462 e. The number of hydrogen-bond acceptors (Lipinski definition) is 15. The second-order valence-electron chi connectivity index (χ2n) is 23.9. The Kier molecular flexibility index (Phi) is 55.2. The minimum atomic E-state index is -4.94. The Morgan fingerprint density at radius 2 is 0.614 bits per heavy atom. The molecular formula is C64H124O17P2. The van der Waals surface area contributed by atoms with E-state index >= 15 is 0 Å². The average molecular weight is 1230 g/mol. The van der Waals surface area contributed by atoms with Crippen LogP contribution in [0.5, 0.6) is 0 Å². The highest BCUT2D eigenvalue weighted by Gasteiger charge is 2.30. The van der Waals surface area contributed by atoms with Crippen LogP contribution in [-0.2, 0) is 65.4 Å². The third-order valence-electron chi connectivity index (χ3n) is 15.1. The Balaban J connectivity index is 5.19. The lowest BCUT2D eigenvalue weighted by molar-refractivity contribution is -0.161. The highest BCUT2D eigenvalue weighted by atomic mass is 31.2. The van der Waals surface area contributed by atoms with Crippen LogP contribution in [0.2, 0.25) is 0 Å². The monoisotopic (exact) mass is 1230 g/mol. The van der Waals surface area contributed by atoms with E-state index in [2.05, 4.69) is 41.5 Å². The molecule has 83 heavy (non-hydrogen) atoms. The van der Waals surface area contributed by atoms with E-state index < -0.39 is 97.5 Å². The molecule has 3 N–H and O–H groups in total. The summed E-state index contributed by atoms with van der Waals surface area (Å²) in [4.78, 5) is 72.0. The van der Waals surface area contributed by atoms with Crippen molar-refractivity contribution >= 4 is 39.5 Å². The number of hydrogen-bond donors (Lipinski definition) is 3. The van der Waals surface area contributed by atoms with Gasteiger partial charge in [-0.05, 0) is 37.5 Å². The smallest absolute Gasteiger partial charge is 0.462 e. The van der Waals surface area contributed by atoms with Gasteiger partial charge in [-0.2, -0.15) is 0 Å². The zero-order valence-corrected chi connectivity index (χ0v) is 55.3. The van der Waals surface area contributed by atoms with Crippen LogP contribution in [0.15, 0.2) is 0 Å². The third kappa shape index (κ3) is 57.6. The Labute approximate surface area is 505 Å². The number of unbranched alkanes of at least 4 members (excludes halogenated alkanes) is 32. The molecule has 3 unspecified atom stereocenters. The molecule has 0 radical (unpaired) electrons. The molecule has 0 aliphatic carbocycles. The van der Waals surface area contributed by atoms with Gasteiger partial charge in [0.25, 0.3) is 0 Å². The molecule has 0 saturated carbocycles. The van der Waals surface area contributed by atoms with Crippen LogP contribution in [0.3, 0.4) is 0 Å². The number of esters is 4. The van der Waals surface area contributed by atoms with E-state index in [0.717, 1.165) is 108 Å². The van der Waals surface area contributed by atoms with Crippen LogP contribution in [0.1, 0.15) is 318 Å². The maximum absolute atomic E-state index is 13.0. The highest BCUT2D eigenvalue weighted by molar-refractivity contribution is 7.47. The normalized spacial score (nSPS) is 14.6. The van der Waals surface area contributed by atoms with Crippen molar-refractivity contribution in [1.29, 1.82) is 0 Å². The minimum absolute atomic E-state index is 0.103. The maximum Gasteiger partial charge on any atom is 0.472 e. The maximum atomic E-state index is 13.0. The van der Waals surface area contributed by atoms with Gasteiger partial charge in [0, 0.05) is 25.7 Å². The topological polar surface area (TPSA) is 237 Å². The van der Waals surface area contributed by atoms with Crippen molar-refractivity contribution in [2.75, 3.05) is 39.6 Å². The van der Waals surface area contributed by atoms with Crippen LogP contribution >= 0.6 is 15.6 Å². The summed E-state index contributed by atoms with van der Waals surface area (Å²) < 4.78 is 67.8. The molecule has 0 amide bonds. The fraction of sp³-hybridized carbons (Fsp3) is 0.938. The molecule has 0 aliphatic heterocycles. The van der Waals surface area contributed by atoms with Crippen molar-refractivity contribution in [2.24, 2.45) is 11.8 Å². The van der Waals surface area contributed by atoms with Crippen molar-refractivity contribution in [1.82, 2.24) is 0 Å². The molecule has 0 rings (SSSR count). The van der Waals surface area contributed by atoms with Gasteiger partial charge in [0.2, 0.25) is 0 Å². The second-order valence-corrected chi connectivity index (χ2v) is 26.8. The summed E-state index contributed by atoms with van der Waals surface area (Å²) in [7, 11) is -9.88. The molecule has 6 atom stereocenters. The molecule has 0 aromatic rings. The number of aliphatic hydroxyl groups excluding tert-OH is 1. The van der Waals surface area contributed by atoms with E-state index in [1.54, 1.807) is 0 Å². The molecular weight excluding hydrogens is 1100 g/mol. The first kappa shape index (κ1) is 81.1. The van der Waals surface area contributed by atoms with Gasteiger partial charge in [0.15, 0.2) is 12.2 Å². The predicted octanol–water partition coefficient (Wildman–Crippen LogP) is 17.7. The van der Waals surface area contributed by atoms with Crippen molar-refractivity contribution in [3.05, 3.63) is 0 Å². The molecule has 0 bridgehead atoms. The van der Waals surface area contributed by atoms with Crippen molar-refractivity contribution in [3.63, 3.8) is 0 Å². The van der Waals surface area contributed by atoms with Gasteiger partial charge in [-0.3, -0.25) is 37.3 Å². The van der Waals surface area contributed by atoms with Crippen LogP contribution in [0.4, 0.5) is 0 Å². The van der Waals surface area contributed by atoms with Gasteiger partial charge in [-0.1, -0.05) is 266 Å². The van der Waals surface area contributed by atoms with Crippen LogP contribution < -0.4 is 0 Å². The van der Waals surface area contributed by atoms with Crippen molar-refractivity contribution < 1.29 is 80.2 Å². The summed E-state index contributed by atoms with van der Waals surface area (Å²) in [6.45, 7) is 9.39. The van der Waals surface area contributed by atoms with E-state index in [1.807, 2.05) is 0 Å². The molecule has 492 valence electrons. The Morgan fingerprint density at radius 1 is 0.349 bits per heavy atom. The van der Waals surface area contributed by atoms with Crippen molar-refractivity contribution in [2.45, 2.75) is 336 Å². The molecule has 17 nitrogen and oxygen atoms in total. The summed E-state index contributed by atoms with van der Waals surface area (Å²) in [5.74, 6) is -0.623. The summed E-state index contributed by atoms with van der Waals surface area (Å²) in [6.07, 6.45) is 39.2. The van der Waals surface area contributed by atoms with E-state index in [0.29, 0.717) is 25.7 Å². The first-order valence-corrected chi connectivity index (χ1v) is 36.5. The van der Waals surface area contributed by atoms with Crippen LogP contribution in [0, 0.1) is 11.8 Å². The number of carbonyl (C=O) groups is 4. The van der Waals surface area contributed by atoms with Crippen LogP contribution in [-0.4, -0.2) is 96.7 Å². The van der Waals surface area contributed by atoms with Gasteiger partial charge < -0.3 is 33.8 Å². The largest absolute Gasteiger partial charge is 0.472 e. The lowest BCUT2D eigenvalue weighted by Gasteiger charge is -2.21. The quantitative estimate of drug-likeness (QED) is 0.0222. The highest BCUT2D eigenvalue weighted by Crippen LogP contribution is 2.45. The van der Waals surface area contributed by atoms with Crippen molar-refractivity contribution in [3.8, 4) is 0 Å². The molecule has 0 aliphatic rings. The first-order valence-electron chi connectivity index (χ1n) is 33.5. The fourth-order valence-electron chi connectivity index (χ4n) is 9.50. The summed E-state index contributed by atoms with van der Waals surface area (Å²) in [5, 5.41) is 10.5. The fourth-order valence-corrected chi connectivity index (χ4v) is 11.1. The molecule has 0 spiro atoms. The summed E-state index contributed by atoms with van der Waals surface area (Å²) >= 11 is 0. The first-order chi connectivity index (χ1) is 39.9. The van der Waals surface area contributed by atoms with Gasteiger partial charge >= 0.3 is 39.5 Å². The lowest BCUT2D eigenvalue weighted by Crippen LogP contribution is -2.30. The number of carbonyl (C=O) groups excluding carboxylic acids is 4. The van der Waals surface area contributed by atoms with E-state index in [9.17, 15) is 43.2 Å².